The van der Waals surface area contributed by atoms with Crippen molar-refractivity contribution in [3.8, 4) is 0 Å². The highest BCUT2D eigenvalue weighted by molar-refractivity contribution is 7.89. The molecule has 0 fully saturated rings. The normalized spacial score (nSPS) is 13.0. The number of aliphatic carboxylic acids is 1. The average molecular weight is 337 g/mol. The average Bonchev–Trinajstić information content (AvgIpc) is 2.89. The van der Waals surface area contributed by atoms with Crippen LogP contribution in [0.3, 0.4) is 0 Å². The lowest BCUT2D eigenvalue weighted by Crippen LogP contribution is -2.42. The number of sulfonamides is 1. The molecule has 0 amide bonds. The number of aromatic nitrogens is 2. The first-order valence-electron chi connectivity index (χ1n) is 7.16. The van der Waals surface area contributed by atoms with Gasteiger partial charge >= 0.3 is 5.97 Å². The molecule has 0 aliphatic heterocycles. The van der Waals surface area contributed by atoms with Gasteiger partial charge in [-0.2, -0.15) is 4.72 Å². The van der Waals surface area contributed by atoms with Gasteiger partial charge in [0.1, 0.15) is 11.9 Å². The van der Waals surface area contributed by atoms with Gasteiger partial charge in [0.15, 0.2) is 5.03 Å². The Kier molecular flexibility index (Phi) is 5.17. The number of imidazole rings is 1. The van der Waals surface area contributed by atoms with E-state index in [0.29, 0.717) is 12.4 Å². The molecule has 7 nitrogen and oxygen atoms in total. The zero-order valence-corrected chi connectivity index (χ0v) is 13.7. The first kappa shape index (κ1) is 17.2. The first-order valence-corrected chi connectivity index (χ1v) is 8.64. The van der Waals surface area contributed by atoms with E-state index in [0.717, 1.165) is 5.56 Å². The van der Waals surface area contributed by atoms with Crippen LogP contribution in [0.4, 0.5) is 0 Å². The van der Waals surface area contributed by atoms with Crippen molar-refractivity contribution < 1.29 is 18.3 Å². The van der Waals surface area contributed by atoms with Crippen LogP contribution in [0.5, 0.6) is 0 Å². The van der Waals surface area contributed by atoms with Crippen LogP contribution in [-0.2, 0) is 27.8 Å². The van der Waals surface area contributed by atoms with E-state index in [2.05, 4.69) is 9.71 Å². The fraction of sp³-hybridized carbons (Fsp3) is 0.333. The molecular formula is C15H19N3O4S. The minimum atomic E-state index is -4.00. The molecule has 0 saturated carbocycles. The van der Waals surface area contributed by atoms with Crippen LogP contribution in [0.2, 0.25) is 0 Å². The fourth-order valence-corrected chi connectivity index (χ4v) is 3.40. The SMILES string of the molecule is CCn1cc(S(=O)(=O)N[C@@H](Cc2ccccc2)C(=O)O)nc1C. The van der Waals surface area contributed by atoms with Gasteiger partial charge in [-0.05, 0) is 25.8 Å². The van der Waals surface area contributed by atoms with E-state index in [1.54, 1.807) is 35.8 Å². The number of carboxylic acid groups (broad SMARTS) is 1. The second kappa shape index (κ2) is 6.93. The van der Waals surface area contributed by atoms with E-state index in [9.17, 15) is 18.3 Å². The molecular weight excluding hydrogens is 318 g/mol. The van der Waals surface area contributed by atoms with Crippen LogP contribution >= 0.6 is 0 Å². The van der Waals surface area contributed by atoms with Crippen molar-refractivity contribution in [3.63, 3.8) is 0 Å². The minimum Gasteiger partial charge on any atom is -0.480 e. The van der Waals surface area contributed by atoms with Gasteiger partial charge in [-0.1, -0.05) is 30.3 Å². The number of hydrogen-bond donors (Lipinski definition) is 2. The monoisotopic (exact) mass is 337 g/mol. The van der Waals surface area contributed by atoms with Crippen LogP contribution in [0.25, 0.3) is 0 Å². The largest absolute Gasteiger partial charge is 0.480 e. The van der Waals surface area contributed by atoms with Crippen LogP contribution in [0.15, 0.2) is 41.6 Å². The number of carbonyl (C=O) groups is 1. The van der Waals surface area contributed by atoms with Gasteiger partial charge in [-0.15, -0.1) is 0 Å². The third kappa shape index (κ3) is 4.17. The lowest BCUT2D eigenvalue weighted by Gasteiger charge is -2.13. The van der Waals surface area contributed by atoms with Crippen molar-refractivity contribution in [1.82, 2.24) is 14.3 Å². The number of nitrogens with one attached hydrogen (secondary N) is 1. The summed E-state index contributed by atoms with van der Waals surface area (Å²) in [6, 6.07) is 7.60. The van der Waals surface area contributed by atoms with Crippen LogP contribution in [0, 0.1) is 6.92 Å². The standard InChI is InChI=1S/C15H19N3O4S/c1-3-18-10-14(16-11(18)2)23(21,22)17-13(15(19)20)9-12-7-5-4-6-8-12/h4-8,10,13,17H,3,9H2,1-2H3,(H,19,20)/t13-/m0/s1. The van der Waals surface area contributed by atoms with E-state index >= 15 is 0 Å². The summed E-state index contributed by atoms with van der Waals surface area (Å²) in [7, 11) is -4.00. The molecule has 2 rings (SSSR count). The Bertz CT molecular complexity index is 784. The molecule has 2 N–H and O–H groups in total. The smallest absolute Gasteiger partial charge is 0.322 e. The molecule has 1 aromatic heterocycles. The highest BCUT2D eigenvalue weighted by Gasteiger charge is 2.27. The summed E-state index contributed by atoms with van der Waals surface area (Å²) < 4.78 is 28.6. The number of rotatable bonds is 7. The number of hydrogen-bond acceptors (Lipinski definition) is 4. The van der Waals surface area contributed by atoms with Gasteiger partial charge in [0.2, 0.25) is 0 Å². The molecule has 0 aliphatic rings. The number of carboxylic acids is 1. The van der Waals surface area contributed by atoms with Crippen molar-refractivity contribution in [3.05, 3.63) is 47.9 Å². The summed E-state index contributed by atoms with van der Waals surface area (Å²) in [6.45, 7) is 4.15. The topological polar surface area (TPSA) is 101 Å². The molecule has 0 unspecified atom stereocenters. The summed E-state index contributed by atoms with van der Waals surface area (Å²) in [5.41, 5.74) is 0.734. The summed E-state index contributed by atoms with van der Waals surface area (Å²) in [4.78, 5) is 15.4. The molecule has 0 aliphatic carbocycles. The Morgan fingerprint density at radius 2 is 2.00 bits per heavy atom. The van der Waals surface area contributed by atoms with E-state index in [1.165, 1.54) is 6.20 Å². The quantitative estimate of drug-likeness (QED) is 0.790. The van der Waals surface area contributed by atoms with Crippen molar-refractivity contribution in [2.45, 2.75) is 37.9 Å². The van der Waals surface area contributed by atoms with Crippen LogP contribution in [0.1, 0.15) is 18.3 Å². The first-order chi connectivity index (χ1) is 10.8. The summed E-state index contributed by atoms with van der Waals surface area (Å²) in [6.07, 6.45) is 1.46. The van der Waals surface area contributed by atoms with Gasteiger partial charge in [0.05, 0.1) is 0 Å². The van der Waals surface area contributed by atoms with Crippen molar-refractivity contribution in [1.29, 1.82) is 0 Å². The molecule has 0 radical (unpaired) electrons. The Hall–Kier alpha value is -2.19. The van der Waals surface area contributed by atoms with Crippen LogP contribution < -0.4 is 4.72 Å². The van der Waals surface area contributed by atoms with E-state index in [-0.39, 0.29) is 11.4 Å². The van der Waals surface area contributed by atoms with Gasteiger partial charge in [-0.3, -0.25) is 4.79 Å². The predicted octanol–water partition coefficient (Wildman–Crippen LogP) is 1.19. The van der Waals surface area contributed by atoms with E-state index in [1.807, 2.05) is 13.0 Å². The lowest BCUT2D eigenvalue weighted by molar-refractivity contribution is -0.138. The minimum absolute atomic E-state index is 0.0584. The zero-order chi connectivity index (χ0) is 17.0. The fourth-order valence-electron chi connectivity index (χ4n) is 2.21. The Morgan fingerprint density at radius 3 is 2.52 bits per heavy atom. The maximum Gasteiger partial charge on any atom is 0.322 e. The van der Waals surface area contributed by atoms with Gasteiger partial charge in [0.25, 0.3) is 10.0 Å². The molecule has 0 bridgehead atoms. The molecule has 0 spiro atoms. The molecule has 124 valence electrons. The Morgan fingerprint density at radius 1 is 1.35 bits per heavy atom. The maximum absolute atomic E-state index is 12.4. The third-order valence-electron chi connectivity index (χ3n) is 3.45. The van der Waals surface area contributed by atoms with Crippen LogP contribution in [-0.4, -0.2) is 35.1 Å². The summed E-state index contributed by atoms with van der Waals surface area (Å²) >= 11 is 0. The molecule has 1 aromatic carbocycles. The van der Waals surface area contributed by atoms with Crippen molar-refractivity contribution >= 4 is 16.0 Å². The second-order valence-electron chi connectivity index (χ2n) is 5.11. The molecule has 1 heterocycles. The molecule has 0 saturated heterocycles. The Balaban J connectivity index is 2.22. The predicted molar refractivity (Wildman–Crippen MR) is 84.5 cm³/mol. The zero-order valence-electron chi connectivity index (χ0n) is 12.9. The number of aryl methyl sites for hydroxylation is 2. The summed E-state index contributed by atoms with van der Waals surface area (Å²) in [5.74, 6) is -0.674. The van der Waals surface area contributed by atoms with Crippen molar-refractivity contribution in [2.75, 3.05) is 0 Å². The van der Waals surface area contributed by atoms with E-state index < -0.39 is 22.0 Å². The van der Waals surface area contributed by atoms with Gasteiger partial charge in [-0.25, -0.2) is 13.4 Å². The van der Waals surface area contributed by atoms with E-state index in [4.69, 9.17) is 0 Å². The van der Waals surface area contributed by atoms with Crippen molar-refractivity contribution in [2.24, 2.45) is 0 Å². The molecule has 8 heteroatoms. The molecule has 23 heavy (non-hydrogen) atoms. The highest BCUT2D eigenvalue weighted by Crippen LogP contribution is 2.11. The summed E-state index contributed by atoms with van der Waals surface area (Å²) in [5, 5.41) is 9.13. The van der Waals surface area contributed by atoms with Gasteiger partial charge in [0, 0.05) is 12.7 Å². The third-order valence-corrected chi connectivity index (χ3v) is 4.79. The second-order valence-corrected chi connectivity index (χ2v) is 6.78. The lowest BCUT2D eigenvalue weighted by atomic mass is 10.1. The number of benzene rings is 1. The Labute approximate surface area is 135 Å². The maximum atomic E-state index is 12.4. The van der Waals surface area contributed by atoms with Gasteiger partial charge < -0.3 is 9.67 Å². The molecule has 1 atom stereocenters. The number of nitrogens with zero attached hydrogens (tertiary/aromatic N) is 2. The molecule has 2 aromatic rings. The highest BCUT2D eigenvalue weighted by atomic mass is 32.2.